The van der Waals surface area contributed by atoms with Crippen LogP contribution < -0.4 is 9.64 Å². The van der Waals surface area contributed by atoms with Gasteiger partial charge in [0.1, 0.15) is 5.75 Å². The SMILES string of the molecule is COc1ccc(N(C)CC2CC(C(C)C)CCC2O)cc1. The van der Waals surface area contributed by atoms with Crippen molar-refractivity contribution in [1.82, 2.24) is 0 Å². The smallest absolute Gasteiger partial charge is 0.119 e. The summed E-state index contributed by atoms with van der Waals surface area (Å²) in [5, 5.41) is 10.3. The average Bonchev–Trinajstić information content (AvgIpc) is 2.49. The van der Waals surface area contributed by atoms with Crippen LogP contribution in [0.3, 0.4) is 0 Å². The number of hydrogen-bond donors (Lipinski definition) is 1. The second kappa shape index (κ2) is 7.17. The normalized spacial score (nSPS) is 25.9. The molecule has 3 atom stereocenters. The van der Waals surface area contributed by atoms with Gasteiger partial charge in [0.05, 0.1) is 13.2 Å². The molecular weight excluding hydrogens is 262 g/mol. The molecule has 0 amide bonds. The predicted octanol–water partition coefficient (Wildman–Crippen LogP) is 3.56. The van der Waals surface area contributed by atoms with Crippen LogP contribution in [-0.4, -0.2) is 31.9 Å². The Kier molecular flexibility index (Phi) is 5.51. The molecule has 1 aliphatic rings. The van der Waals surface area contributed by atoms with Gasteiger partial charge in [-0.05, 0) is 55.4 Å². The van der Waals surface area contributed by atoms with Crippen LogP contribution in [0.1, 0.15) is 33.1 Å². The fourth-order valence-corrected chi connectivity index (χ4v) is 3.38. The zero-order chi connectivity index (χ0) is 15.4. The van der Waals surface area contributed by atoms with Crippen molar-refractivity contribution in [3.8, 4) is 5.75 Å². The summed E-state index contributed by atoms with van der Waals surface area (Å²) in [5.41, 5.74) is 1.18. The lowest BCUT2D eigenvalue weighted by atomic mass is 9.74. The monoisotopic (exact) mass is 291 g/mol. The molecule has 0 bridgehead atoms. The maximum absolute atomic E-state index is 10.3. The summed E-state index contributed by atoms with van der Waals surface area (Å²) in [6.45, 7) is 5.51. The summed E-state index contributed by atoms with van der Waals surface area (Å²) in [7, 11) is 3.79. The van der Waals surface area contributed by atoms with Crippen molar-refractivity contribution in [3.63, 3.8) is 0 Å². The Morgan fingerprint density at radius 3 is 2.48 bits per heavy atom. The summed E-state index contributed by atoms with van der Waals surface area (Å²) in [5.74, 6) is 2.72. The van der Waals surface area contributed by atoms with Crippen LogP contribution in [0, 0.1) is 17.8 Å². The van der Waals surface area contributed by atoms with Crippen molar-refractivity contribution in [3.05, 3.63) is 24.3 Å². The van der Waals surface area contributed by atoms with E-state index < -0.39 is 0 Å². The maximum atomic E-state index is 10.3. The molecule has 1 fully saturated rings. The molecule has 2 rings (SSSR count). The number of nitrogens with zero attached hydrogens (tertiary/aromatic N) is 1. The summed E-state index contributed by atoms with van der Waals surface area (Å²) < 4.78 is 5.20. The van der Waals surface area contributed by atoms with Crippen LogP contribution in [-0.2, 0) is 0 Å². The number of ether oxygens (including phenoxy) is 1. The molecule has 0 aliphatic heterocycles. The lowest BCUT2D eigenvalue weighted by molar-refractivity contribution is 0.0414. The lowest BCUT2D eigenvalue weighted by Gasteiger charge is -2.37. The van der Waals surface area contributed by atoms with Crippen molar-refractivity contribution < 1.29 is 9.84 Å². The molecule has 1 aliphatic carbocycles. The van der Waals surface area contributed by atoms with Crippen LogP contribution in [0.15, 0.2) is 24.3 Å². The molecule has 0 heterocycles. The van der Waals surface area contributed by atoms with E-state index in [4.69, 9.17) is 4.74 Å². The number of hydrogen-bond acceptors (Lipinski definition) is 3. The first-order valence-corrected chi connectivity index (χ1v) is 8.04. The molecule has 0 saturated heterocycles. The minimum absolute atomic E-state index is 0.152. The molecule has 0 spiro atoms. The zero-order valence-corrected chi connectivity index (χ0v) is 13.7. The fraction of sp³-hybridized carbons (Fsp3) is 0.667. The van der Waals surface area contributed by atoms with Gasteiger partial charge in [-0.1, -0.05) is 13.8 Å². The first kappa shape index (κ1) is 16.2. The van der Waals surface area contributed by atoms with Crippen molar-refractivity contribution >= 4 is 5.69 Å². The van der Waals surface area contributed by atoms with E-state index in [9.17, 15) is 5.11 Å². The number of aliphatic hydroxyl groups is 1. The lowest BCUT2D eigenvalue weighted by Crippen LogP contribution is -2.38. The largest absolute Gasteiger partial charge is 0.497 e. The van der Waals surface area contributed by atoms with Gasteiger partial charge in [-0.2, -0.15) is 0 Å². The Morgan fingerprint density at radius 1 is 1.24 bits per heavy atom. The molecule has 1 N–H and O–H groups in total. The third-order valence-electron chi connectivity index (χ3n) is 4.95. The molecule has 3 unspecified atom stereocenters. The molecular formula is C18H29NO2. The Hall–Kier alpha value is -1.22. The molecule has 118 valence electrons. The van der Waals surface area contributed by atoms with Crippen molar-refractivity contribution in [2.75, 3.05) is 25.6 Å². The number of rotatable bonds is 5. The van der Waals surface area contributed by atoms with Crippen molar-refractivity contribution in [2.24, 2.45) is 17.8 Å². The average molecular weight is 291 g/mol. The third-order valence-corrected chi connectivity index (χ3v) is 4.95. The quantitative estimate of drug-likeness (QED) is 0.900. The van der Waals surface area contributed by atoms with E-state index in [-0.39, 0.29) is 6.10 Å². The molecule has 1 saturated carbocycles. The summed E-state index contributed by atoms with van der Waals surface area (Å²) in [4.78, 5) is 2.25. The molecule has 0 aromatic heterocycles. The van der Waals surface area contributed by atoms with Gasteiger partial charge in [0, 0.05) is 25.2 Å². The van der Waals surface area contributed by atoms with Gasteiger partial charge in [-0.25, -0.2) is 0 Å². The van der Waals surface area contributed by atoms with E-state index in [1.54, 1.807) is 7.11 Å². The van der Waals surface area contributed by atoms with E-state index in [2.05, 4.69) is 37.9 Å². The highest BCUT2D eigenvalue weighted by molar-refractivity contribution is 5.48. The van der Waals surface area contributed by atoms with Crippen LogP contribution in [0.2, 0.25) is 0 Å². The molecule has 3 nitrogen and oxygen atoms in total. The zero-order valence-electron chi connectivity index (χ0n) is 13.7. The van der Waals surface area contributed by atoms with E-state index in [0.717, 1.165) is 31.1 Å². The number of anilines is 1. The van der Waals surface area contributed by atoms with Gasteiger partial charge in [0.2, 0.25) is 0 Å². The Balaban J connectivity index is 1.97. The number of methoxy groups -OCH3 is 1. The summed E-state index contributed by atoms with van der Waals surface area (Å²) >= 11 is 0. The van der Waals surface area contributed by atoms with E-state index in [1.165, 1.54) is 12.1 Å². The van der Waals surface area contributed by atoms with Gasteiger partial charge in [-0.3, -0.25) is 0 Å². The maximum Gasteiger partial charge on any atom is 0.119 e. The number of aliphatic hydroxyl groups excluding tert-OH is 1. The first-order chi connectivity index (χ1) is 10.0. The molecule has 1 aromatic carbocycles. The molecule has 3 heteroatoms. The molecule has 21 heavy (non-hydrogen) atoms. The predicted molar refractivity (Wildman–Crippen MR) is 87.9 cm³/mol. The molecule has 1 aromatic rings. The van der Waals surface area contributed by atoms with Crippen LogP contribution in [0.25, 0.3) is 0 Å². The second-order valence-corrected chi connectivity index (χ2v) is 6.72. The standard InChI is InChI=1S/C18H29NO2/c1-13(2)14-5-10-18(20)15(11-14)12-19(3)16-6-8-17(21-4)9-7-16/h6-9,13-15,18,20H,5,10-12H2,1-4H3. The van der Waals surface area contributed by atoms with Gasteiger partial charge >= 0.3 is 0 Å². The van der Waals surface area contributed by atoms with Crippen LogP contribution in [0.4, 0.5) is 5.69 Å². The first-order valence-electron chi connectivity index (χ1n) is 8.04. The second-order valence-electron chi connectivity index (χ2n) is 6.72. The minimum Gasteiger partial charge on any atom is -0.497 e. The van der Waals surface area contributed by atoms with E-state index in [0.29, 0.717) is 11.8 Å². The van der Waals surface area contributed by atoms with Gasteiger partial charge < -0.3 is 14.7 Å². The summed E-state index contributed by atoms with van der Waals surface area (Å²) in [6.07, 6.45) is 3.10. The van der Waals surface area contributed by atoms with Gasteiger partial charge in [-0.15, -0.1) is 0 Å². The highest BCUT2D eigenvalue weighted by atomic mass is 16.5. The van der Waals surface area contributed by atoms with Crippen molar-refractivity contribution in [2.45, 2.75) is 39.2 Å². The molecule has 0 radical (unpaired) electrons. The van der Waals surface area contributed by atoms with Crippen LogP contribution >= 0.6 is 0 Å². The Labute approximate surface area is 128 Å². The summed E-state index contributed by atoms with van der Waals surface area (Å²) in [6, 6.07) is 8.13. The Bertz CT molecular complexity index is 429. The highest BCUT2D eigenvalue weighted by Gasteiger charge is 2.31. The van der Waals surface area contributed by atoms with E-state index >= 15 is 0 Å². The minimum atomic E-state index is -0.152. The highest BCUT2D eigenvalue weighted by Crippen LogP contribution is 2.34. The third kappa shape index (κ3) is 4.13. The van der Waals surface area contributed by atoms with Crippen LogP contribution in [0.5, 0.6) is 5.75 Å². The van der Waals surface area contributed by atoms with E-state index in [1.807, 2.05) is 12.1 Å². The Morgan fingerprint density at radius 2 is 1.90 bits per heavy atom. The topological polar surface area (TPSA) is 32.7 Å². The van der Waals surface area contributed by atoms with Gasteiger partial charge in [0.25, 0.3) is 0 Å². The fourth-order valence-electron chi connectivity index (χ4n) is 3.38. The van der Waals surface area contributed by atoms with Crippen molar-refractivity contribution in [1.29, 1.82) is 0 Å². The number of benzene rings is 1. The van der Waals surface area contributed by atoms with Gasteiger partial charge in [0.15, 0.2) is 0 Å².